The summed E-state index contributed by atoms with van der Waals surface area (Å²) in [6, 6.07) is 53.1. The van der Waals surface area contributed by atoms with Gasteiger partial charge in [-0.15, -0.1) is 0 Å². The van der Waals surface area contributed by atoms with Crippen LogP contribution < -0.4 is 0 Å². The molecule has 6 rings (SSSR count). The zero-order valence-corrected chi connectivity index (χ0v) is 19.9. The molecule has 0 spiro atoms. The first-order valence-corrected chi connectivity index (χ1v) is 12.3. The Morgan fingerprint density at radius 2 is 0.806 bits per heavy atom. The summed E-state index contributed by atoms with van der Waals surface area (Å²) < 4.78 is 2.43. The van der Waals surface area contributed by atoms with E-state index in [4.69, 9.17) is 4.98 Å². The van der Waals surface area contributed by atoms with E-state index in [1.165, 1.54) is 11.1 Å². The van der Waals surface area contributed by atoms with Gasteiger partial charge in [-0.2, -0.15) is 0 Å². The highest BCUT2D eigenvalue weighted by Gasteiger charge is 2.28. The monoisotopic (exact) mass is 462 g/mol. The maximum Gasteiger partial charge on any atom is 0.142 e. The maximum absolute atomic E-state index is 5.36. The van der Waals surface area contributed by atoms with Gasteiger partial charge in [-0.05, 0) is 11.1 Å². The summed E-state index contributed by atoms with van der Waals surface area (Å²) in [6.45, 7) is 0. The van der Waals surface area contributed by atoms with Crippen LogP contribution in [0, 0.1) is 0 Å². The van der Waals surface area contributed by atoms with Gasteiger partial charge in [-0.1, -0.05) is 152 Å². The van der Waals surface area contributed by atoms with Gasteiger partial charge in [-0.3, -0.25) is 0 Å². The van der Waals surface area contributed by atoms with Gasteiger partial charge in [0, 0.05) is 16.7 Å². The summed E-state index contributed by atoms with van der Waals surface area (Å²) in [6.07, 6.45) is 0. The van der Waals surface area contributed by atoms with Gasteiger partial charge in [0.1, 0.15) is 5.82 Å². The molecule has 0 amide bonds. The van der Waals surface area contributed by atoms with E-state index < -0.39 is 0 Å². The van der Waals surface area contributed by atoms with Crippen LogP contribution in [0.15, 0.2) is 152 Å². The molecule has 0 saturated carbocycles. The Morgan fingerprint density at radius 3 is 1.28 bits per heavy atom. The minimum atomic E-state index is -0.0530. The molecule has 1 aromatic heterocycles. The largest absolute Gasteiger partial charge is 0.312 e. The molecule has 6 aromatic rings. The average Bonchev–Trinajstić information content (AvgIpc) is 3.36. The molecule has 0 N–H and O–H groups in total. The summed E-state index contributed by atoms with van der Waals surface area (Å²) in [5.41, 5.74) is 7.87. The number of imidazole rings is 1. The van der Waals surface area contributed by atoms with Gasteiger partial charge < -0.3 is 4.57 Å². The minimum Gasteiger partial charge on any atom is -0.312 e. The van der Waals surface area contributed by atoms with E-state index >= 15 is 0 Å². The van der Waals surface area contributed by atoms with Crippen molar-refractivity contribution >= 4 is 0 Å². The molecule has 2 nitrogen and oxygen atoms in total. The third-order valence-electron chi connectivity index (χ3n) is 6.53. The second kappa shape index (κ2) is 9.89. The lowest BCUT2D eigenvalue weighted by Gasteiger charge is -2.25. The molecule has 0 bridgehead atoms. The first-order valence-electron chi connectivity index (χ1n) is 12.3. The van der Waals surface area contributed by atoms with E-state index in [1.54, 1.807) is 0 Å². The van der Waals surface area contributed by atoms with Crippen LogP contribution in [-0.2, 0) is 0 Å². The standard InChI is InChI=1S/C34H26N2/c1-6-16-26(17-7-1)31-33(29-22-12-4-13-23-29)36(34(35-31)30-24-14-5-15-25-30)32(27-18-8-2-9-19-27)28-20-10-3-11-21-28/h1-25,32H. The van der Waals surface area contributed by atoms with Gasteiger partial charge in [0.2, 0.25) is 0 Å². The predicted octanol–water partition coefficient (Wildman–Crippen LogP) is 8.52. The second-order valence-corrected chi connectivity index (χ2v) is 8.82. The Bertz CT molecular complexity index is 1500. The average molecular weight is 463 g/mol. The number of rotatable bonds is 6. The molecular weight excluding hydrogens is 436 g/mol. The Hall–Kier alpha value is -4.69. The fourth-order valence-corrected chi connectivity index (χ4v) is 4.91. The molecule has 5 aromatic carbocycles. The fourth-order valence-electron chi connectivity index (χ4n) is 4.91. The Kier molecular flexibility index (Phi) is 5.99. The van der Waals surface area contributed by atoms with Crippen LogP contribution in [0.2, 0.25) is 0 Å². The molecule has 0 saturated heterocycles. The molecule has 0 radical (unpaired) electrons. The number of hydrogen-bond donors (Lipinski definition) is 0. The molecule has 0 unspecified atom stereocenters. The van der Waals surface area contributed by atoms with E-state index in [0.717, 1.165) is 33.9 Å². The molecule has 2 heteroatoms. The lowest BCUT2D eigenvalue weighted by atomic mass is 9.96. The van der Waals surface area contributed by atoms with Gasteiger partial charge in [0.25, 0.3) is 0 Å². The number of aromatic nitrogens is 2. The molecule has 0 aliphatic heterocycles. The highest BCUT2D eigenvalue weighted by atomic mass is 15.1. The Morgan fingerprint density at radius 1 is 0.417 bits per heavy atom. The highest BCUT2D eigenvalue weighted by Crippen LogP contribution is 2.42. The van der Waals surface area contributed by atoms with Crippen molar-refractivity contribution in [2.24, 2.45) is 0 Å². The summed E-state index contributed by atoms with van der Waals surface area (Å²) in [5, 5.41) is 0. The fraction of sp³-hybridized carbons (Fsp3) is 0.0294. The van der Waals surface area contributed by atoms with Crippen molar-refractivity contribution in [1.29, 1.82) is 0 Å². The van der Waals surface area contributed by atoms with E-state index in [1.807, 2.05) is 0 Å². The van der Waals surface area contributed by atoms with Crippen molar-refractivity contribution in [2.75, 3.05) is 0 Å². The SMILES string of the molecule is c1ccc(-c2nc(-c3ccccc3)n(C(c3ccccc3)c3ccccc3)c2-c2ccccc2)cc1. The van der Waals surface area contributed by atoms with E-state index in [0.29, 0.717) is 0 Å². The van der Waals surface area contributed by atoms with Crippen LogP contribution in [0.1, 0.15) is 17.2 Å². The molecule has 0 fully saturated rings. The van der Waals surface area contributed by atoms with Crippen molar-refractivity contribution in [3.8, 4) is 33.9 Å². The number of benzene rings is 5. The lowest BCUT2D eigenvalue weighted by Crippen LogP contribution is -2.15. The van der Waals surface area contributed by atoms with Gasteiger partial charge in [0.15, 0.2) is 0 Å². The first-order chi connectivity index (χ1) is 17.9. The van der Waals surface area contributed by atoms with E-state index in [2.05, 4.69) is 156 Å². The molecule has 36 heavy (non-hydrogen) atoms. The molecule has 1 heterocycles. The van der Waals surface area contributed by atoms with Crippen LogP contribution in [-0.4, -0.2) is 9.55 Å². The van der Waals surface area contributed by atoms with Gasteiger partial charge >= 0.3 is 0 Å². The summed E-state index contributed by atoms with van der Waals surface area (Å²) in [4.78, 5) is 5.36. The van der Waals surface area contributed by atoms with Crippen molar-refractivity contribution in [2.45, 2.75) is 6.04 Å². The molecule has 172 valence electrons. The smallest absolute Gasteiger partial charge is 0.142 e. The first kappa shape index (κ1) is 21.8. The van der Waals surface area contributed by atoms with Crippen LogP contribution >= 0.6 is 0 Å². The van der Waals surface area contributed by atoms with Crippen LogP contribution in [0.25, 0.3) is 33.9 Å². The van der Waals surface area contributed by atoms with Gasteiger partial charge in [-0.25, -0.2) is 4.98 Å². The Labute approximate surface area is 212 Å². The van der Waals surface area contributed by atoms with Crippen LogP contribution in [0.3, 0.4) is 0 Å². The molecule has 0 aliphatic carbocycles. The third kappa shape index (κ3) is 4.14. The third-order valence-corrected chi connectivity index (χ3v) is 6.53. The van der Waals surface area contributed by atoms with Gasteiger partial charge in [0.05, 0.1) is 17.4 Å². The predicted molar refractivity (Wildman–Crippen MR) is 149 cm³/mol. The van der Waals surface area contributed by atoms with Crippen molar-refractivity contribution in [3.63, 3.8) is 0 Å². The Balaban J connectivity index is 1.75. The summed E-state index contributed by atoms with van der Waals surface area (Å²) in [7, 11) is 0. The van der Waals surface area contributed by atoms with Crippen molar-refractivity contribution in [1.82, 2.24) is 9.55 Å². The molecule has 0 atom stereocenters. The zero-order chi connectivity index (χ0) is 24.2. The second-order valence-electron chi connectivity index (χ2n) is 8.82. The van der Waals surface area contributed by atoms with Crippen LogP contribution in [0.4, 0.5) is 0 Å². The maximum atomic E-state index is 5.36. The number of hydrogen-bond acceptors (Lipinski definition) is 1. The van der Waals surface area contributed by atoms with Crippen molar-refractivity contribution in [3.05, 3.63) is 163 Å². The van der Waals surface area contributed by atoms with Crippen LogP contribution in [0.5, 0.6) is 0 Å². The quantitative estimate of drug-likeness (QED) is 0.242. The molecular formula is C34H26N2. The normalized spacial score (nSPS) is 11.0. The molecule has 0 aliphatic rings. The summed E-state index contributed by atoms with van der Waals surface area (Å²) in [5.74, 6) is 0.950. The number of nitrogens with zero attached hydrogens (tertiary/aromatic N) is 2. The topological polar surface area (TPSA) is 17.8 Å². The van der Waals surface area contributed by atoms with E-state index in [9.17, 15) is 0 Å². The van der Waals surface area contributed by atoms with Crippen molar-refractivity contribution < 1.29 is 0 Å². The summed E-state index contributed by atoms with van der Waals surface area (Å²) >= 11 is 0. The van der Waals surface area contributed by atoms with E-state index in [-0.39, 0.29) is 6.04 Å². The lowest BCUT2D eigenvalue weighted by molar-refractivity contribution is 0.691. The zero-order valence-electron chi connectivity index (χ0n) is 19.9. The minimum absolute atomic E-state index is 0.0530. The highest BCUT2D eigenvalue weighted by molar-refractivity contribution is 5.82.